The number of carbonyl (C=O) groups is 1. The highest BCUT2D eigenvalue weighted by Crippen LogP contribution is 2.20. The van der Waals surface area contributed by atoms with Crippen molar-refractivity contribution in [3.8, 4) is 0 Å². The number of carbonyl (C=O) groups excluding carboxylic acids is 1. The average Bonchev–Trinajstić information content (AvgIpc) is 2.68. The molecule has 1 aromatic carbocycles. The van der Waals surface area contributed by atoms with Gasteiger partial charge >= 0.3 is 0 Å². The van der Waals surface area contributed by atoms with Gasteiger partial charge in [0.15, 0.2) is 17.5 Å². The molecule has 1 aliphatic rings. The second kappa shape index (κ2) is 8.18. The Morgan fingerprint density at radius 2 is 1.81 bits per heavy atom. The van der Waals surface area contributed by atoms with E-state index >= 15 is 0 Å². The first-order valence-electron chi connectivity index (χ1n) is 8.36. The van der Waals surface area contributed by atoms with Crippen molar-refractivity contribution in [1.29, 1.82) is 0 Å². The number of nitrogens with zero attached hydrogens (tertiary/aromatic N) is 3. The summed E-state index contributed by atoms with van der Waals surface area (Å²) in [4.78, 5) is 20.6. The number of piperazine rings is 1. The maximum absolute atomic E-state index is 13.6. The molecule has 26 heavy (non-hydrogen) atoms. The van der Waals surface area contributed by atoms with Crippen LogP contribution in [0.2, 0.25) is 0 Å². The van der Waals surface area contributed by atoms with Crippen LogP contribution in [0.3, 0.4) is 0 Å². The van der Waals surface area contributed by atoms with E-state index < -0.39 is 23.4 Å². The van der Waals surface area contributed by atoms with Gasteiger partial charge in [-0.3, -0.25) is 9.69 Å². The molecule has 1 saturated heterocycles. The monoisotopic (exact) mass is 364 g/mol. The molecule has 0 atom stereocenters. The van der Waals surface area contributed by atoms with Gasteiger partial charge in [0.2, 0.25) is 5.91 Å². The molecule has 138 valence electrons. The van der Waals surface area contributed by atoms with Crippen molar-refractivity contribution < 1.29 is 18.0 Å². The number of pyridine rings is 1. The lowest BCUT2D eigenvalue weighted by molar-refractivity contribution is -0.116. The number of rotatable bonds is 5. The maximum Gasteiger partial charge on any atom is 0.225 e. The number of benzene rings is 1. The van der Waals surface area contributed by atoms with Crippen LogP contribution in [0.4, 0.5) is 24.7 Å². The largest absolute Gasteiger partial charge is 0.354 e. The van der Waals surface area contributed by atoms with E-state index in [-0.39, 0.29) is 12.1 Å². The Kier molecular flexibility index (Phi) is 5.72. The lowest BCUT2D eigenvalue weighted by Crippen LogP contribution is -2.47. The number of halogens is 3. The zero-order chi connectivity index (χ0) is 18.5. The smallest absolute Gasteiger partial charge is 0.225 e. The van der Waals surface area contributed by atoms with Gasteiger partial charge in [0.1, 0.15) is 5.82 Å². The topological polar surface area (TPSA) is 48.5 Å². The fraction of sp³-hybridized carbons (Fsp3) is 0.333. The molecular formula is C18H19F3N4O. The van der Waals surface area contributed by atoms with Crippen LogP contribution in [0, 0.1) is 17.5 Å². The van der Waals surface area contributed by atoms with Gasteiger partial charge in [0, 0.05) is 45.3 Å². The fourth-order valence-corrected chi connectivity index (χ4v) is 2.84. The summed E-state index contributed by atoms with van der Waals surface area (Å²) < 4.78 is 39.6. The van der Waals surface area contributed by atoms with Gasteiger partial charge in [-0.15, -0.1) is 0 Å². The van der Waals surface area contributed by atoms with E-state index in [0.717, 1.165) is 44.1 Å². The Morgan fingerprint density at radius 3 is 2.50 bits per heavy atom. The average molecular weight is 364 g/mol. The minimum Gasteiger partial charge on any atom is -0.354 e. The summed E-state index contributed by atoms with van der Waals surface area (Å²) in [5, 5.41) is 2.28. The molecule has 3 rings (SSSR count). The van der Waals surface area contributed by atoms with Gasteiger partial charge in [-0.2, -0.15) is 0 Å². The lowest BCUT2D eigenvalue weighted by Gasteiger charge is -2.35. The summed E-state index contributed by atoms with van der Waals surface area (Å²) in [6, 6.07) is 7.56. The number of hydrogen-bond acceptors (Lipinski definition) is 4. The highest BCUT2D eigenvalue weighted by atomic mass is 19.2. The molecule has 1 fully saturated rings. The standard InChI is InChI=1S/C18H19F3N4O/c19-13-4-5-14(18(21)17(13)20)23-16(26)6-8-24-9-11-25(12-10-24)15-3-1-2-7-22-15/h1-5,7H,6,8-12H2,(H,23,26). The molecule has 8 heteroatoms. The van der Waals surface area contributed by atoms with Crippen molar-refractivity contribution >= 4 is 17.4 Å². The molecule has 0 bridgehead atoms. The summed E-state index contributed by atoms with van der Waals surface area (Å²) in [6.07, 6.45) is 1.89. The molecule has 2 heterocycles. The molecule has 1 amide bonds. The van der Waals surface area contributed by atoms with Crippen LogP contribution in [-0.4, -0.2) is 48.5 Å². The van der Waals surface area contributed by atoms with Crippen LogP contribution in [0.1, 0.15) is 6.42 Å². The molecule has 0 aliphatic carbocycles. The van der Waals surface area contributed by atoms with Crippen molar-refractivity contribution in [3.05, 3.63) is 54.0 Å². The third kappa shape index (κ3) is 4.32. The molecule has 0 saturated carbocycles. The van der Waals surface area contributed by atoms with Gasteiger partial charge in [0.25, 0.3) is 0 Å². The number of anilines is 2. The van der Waals surface area contributed by atoms with E-state index in [4.69, 9.17) is 0 Å². The van der Waals surface area contributed by atoms with Gasteiger partial charge in [0.05, 0.1) is 5.69 Å². The van der Waals surface area contributed by atoms with Gasteiger partial charge in [-0.05, 0) is 24.3 Å². The Hall–Kier alpha value is -2.61. The van der Waals surface area contributed by atoms with E-state index in [2.05, 4.69) is 20.1 Å². The third-order valence-electron chi connectivity index (χ3n) is 4.31. The van der Waals surface area contributed by atoms with E-state index in [9.17, 15) is 18.0 Å². The molecule has 0 spiro atoms. The first kappa shape index (κ1) is 18.2. The molecule has 5 nitrogen and oxygen atoms in total. The minimum absolute atomic E-state index is 0.141. The first-order chi connectivity index (χ1) is 12.5. The van der Waals surface area contributed by atoms with E-state index in [1.54, 1.807) is 6.20 Å². The van der Waals surface area contributed by atoms with Crippen molar-refractivity contribution in [2.45, 2.75) is 6.42 Å². The van der Waals surface area contributed by atoms with E-state index in [0.29, 0.717) is 6.54 Å². The summed E-state index contributed by atoms with van der Waals surface area (Å²) in [5.74, 6) is -3.78. The van der Waals surface area contributed by atoms with Crippen molar-refractivity contribution in [3.63, 3.8) is 0 Å². The molecular weight excluding hydrogens is 345 g/mol. The van der Waals surface area contributed by atoms with Crippen molar-refractivity contribution in [2.75, 3.05) is 42.9 Å². The van der Waals surface area contributed by atoms with Crippen molar-refractivity contribution in [1.82, 2.24) is 9.88 Å². The number of amides is 1. The number of hydrogen-bond donors (Lipinski definition) is 1. The van der Waals surface area contributed by atoms with Crippen LogP contribution in [0.15, 0.2) is 36.5 Å². The Bertz CT molecular complexity index is 765. The molecule has 1 N–H and O–H groups in total. The Labute approximate surface area is 149 Å². The van der Waals surface area contributed by atoms with E-state index in [1.165, 1.54) is 0 Å². The van der Waals surface area contributed by atoms with E-state index in [1.807, 2.05) is 18.2 Å². The normalized spacial score (nSPS) is 15.1. The van der Waals surface area contributed by atoms with Crippen LogP contribution in [0.5, 0.6) is 0 Å². The van der Waals surface area contributed by atoms with Crippen LogP contribution < -0.4 is 10.2 Å². The van der Waals surface area contributed by atoms with Gasteiger partial charge < -0.3 is 10.2 Å². The number of aromatic nitrogens is 1. The summed E-state index contributed by atoms with van der Waals surface area (Å²) >= 11 is 0. The third-order valence-corrected chi connectivity index (χ3v) is 4.31. The fourth-order valence-electron chi connectivity index (χ4n) is 2.84. The zero-order valence-electron chi connectivity index (χ0n) is 14.1. The van der Waals surface area contributed by atoms with Gasteiger partial charge in [-0.25, -0.2) is 18.2 Å². The van der Waals surface area contributed by atoms with Crippen LogP contribution in [0.25, 0.3) is 0 Å². The summed E-state index contributed by atoms with van der Waals surface area (Å²) in [6.45, 7) is 3.67. The SMILES string of the molecule is O=C(CCN1CCN(c2ccccn2)CC1)Nc1ccc(F)c(F)c1F. The van der Waals surface area contributed by atoms with Crippen molar-refractivity contribution in [2.24, 2.45) is 0 Å². The minimum atomic E-state index is -1.59. The predicted molar refractivity (Wildman–Crippen MR) is 92.5 cm³/mol. The lowest BCUT2D eigenvalue weighted by atomic mass is 10.2. The Balaban J connectivity index is 1.45. The molecule has 0 radical (unpaired) electrons. The van der Waals surface area contributed by atoms with Crippen LogP contribution in [-0.2, 0) is 4.79 Å². The highest BCUT2D eigenvalue weighted by Gasteiger charge is 2.19. The molecule has 1 aromatic heterocycles. The zero-order valence-corrected chi connectivity index (χ0v) is 14.1. The first-order valence-corrected chi connectivity index (χ1v) is 8.36. The second-order valence-corrected chi connectivity index (χ2v) is 6.04. The maximum atomic E-state index is 13.6. The summed E-state index contributed by atoms with van der Waals surface area (Å²) in [7, 11) is 0. The quantitative estimate of drug-likeness (QED) is 0.829. The second-order valence-electron chi connectivity index (χ2n) is 6.04. The summed E-state index contributed by atoms with van der Waals surface area (Å²) in [5.41, 5.74) is -0.353. The van der Waals surface area contributed by atoms with Gasteiger partial charge in [-0.1, -0.05) is 6.07 Å². The van der Waals surface area contributed by atoms with Crippen LogP contribution >= 0.6 is 0 Å². The molecule has 0 unspecified atom stereocenters. The molecule has 1 aliphatic heterocycles. The molecule has 2 aromatic rings. The predicted octanol–water partition coefficient (Wildman–Crippen LogP) is 2.65. The number of nitrogens with one attached hydrogen (secondary N) is 1. The highest BCUT2D eigenvalue weighted by molar-refractivity contribution is 5.90. The Morgan fingerprint density at radius 1 is 1.04 bits per heavy atom.